The second kappa shape index (κ2) is 8.96. The average Bonchev–Trinajstić information content (AvgIpc) is 3.16. The van der Waals surface area contributed by atoms with Crippen LogP contribution in [0.4, 0.5) is 13.2 Å². The lowest BCUT2D eigenvalue weighted by Gasteiger charge is -2.42. The fraction of sp³-hybridized carbons (Fsp3) is 0.609. The molecule has 1 aromatic rings. The van der Waals surface area contributed by atoms with Gasteiger partial charge in [-0.1, -0.05) is 6.42 Å². The minimum atomic E-state index is -4.50. The van der Waals surface area contributed by atoms with Crippen LogP contribution >= 0.6 is 0 Å². The van der Waals surface area contributed by atoms with E-state index >= 15 is 0 Å². The van der Waals surface area contributed by atoms with E-state index in [2.05, 4.69) is 0 Å². The number of ether oxygens (including phenoxy) is 1. The Morgan fingerprint density at radius 2 is 1.61 bits per heavy atom. The minimum absolute atomic E-state index is 0.0426. The summed E-state index contributed by atoms with van der Waals surface area (Å²) >= 11 is 0. The maximum absolute atomic E-state index is 13.6. The molecule has 180 valence electrons. The Balaban J connectivity index is 1.58. The Kier molecular flexibility index (Phi) is 6.39. The van der Waals surface area contributed by atoms with Crippen molar-refractivity contribution in [2.24, 2.45) is 11.7 Å². The standard InChI is InChI=1S/C23H28F3N3O4/c24-23(25,26)17-6-4-16(5-7-17)20(31)29-18(14-33-22(29)10-2-1-3-11-22)21(32)28-12-8-15(9-13-28)19(27)30/h4-7,15,18H,1-3,8-14H2,(H2,27,30). The number of rotatable bonds is 3. The zero-order valence-corrected chi connectivity index (χ0v) is 18.3. The van der Waals surface area contributed by atoms with Crippen LogP contribution in [0, 0.1) is 5.92 Å². The van der Waals surface area contributed by atoms with Crippen molar-refractivity contribution in [3.05, 3.63) is 35.4 Å². The third-order valence-corrected chi connectivity index (χ3v) is 7.07. The van der Waals surface area contributed by atoms with Crippen LogP contribution in [0.15, 0.2) is 24.3 Å². The molecular weight excluding hydrogens is 439 g/mol. The summed E-state index contributed by atoms with van der Waals surface area (Å²) in [5.74, 6) is -1.43. The normalized spacial score (nSPS) is 23.7. The third-order valence-electron chi connectivity index (χ3n) is 7.07. The molecule has 10 heteroatoms. The molecular formula is C23H28F3N3O4. The van der Waals surface area contributed by atoms with Gasteiger partial charge in [0.25, 0.3) is 5.91 Å². The molecule has 4 rings (SSSR count). The highest BCUT2D eigenvalue weighted by Crippen LogP contribution is 2.42. The van der Waals surface area contributed by atoms with Gasteiger partial charge < -0.3 is 15.4 Å². The van der Waals surface area contributed by atoms with Gasteiger partial charge in [-0.3, -0.25) is 19.3 Å². The smallest absolute Gasteiger partial charge is 0.369 e. The Morgan fingerprint density at radius 3 is 2.15 bits per heavy atom. The number of halogens is 3. The minimum Gasteiger partial charge on any atom is -0.369 e. The molecule has 2 saturated heterocycles. The number of alkyl halides is 3. The van der Waals surface area contributed by atoms with E-state index in [1.54, 1.807) is 4.90 Å². The van der Waals surface area contributed by atoms with Crippen LogP contribution in [0.2, 0.25) is 0 Å². The first kappa shape index (κ1) is 23.5. The molecule has 1 aliphatic carbocycles. The number of hydrogen-bond acceptors (Lipinski definition) is 4. The number of carbonyl (C=O) groups is 3. The van der Waals surface area contributed by atoms with Crippen molar-refractivity contribution in [1.29, 1.82) is 0 Å². The number of nitrogens with two attached hydrogens (primary N) is 1. The summed E-state index contributed by atoms with van der Waals surface area (Å²) in [4.78, 5) is 41.5. The molecule has 2 N–H and O–H groups in total. The largest absolute Gasteiger partial charge is 0.416 e. The lowest BCUT2D eigenvalue weighted by atomic mass is 9.89. The quantitative estimate of drug-likeness (QED) is 0.740. The van der Waals surface area contributed by atoms with Crippen LogP contribution in [0.25, 0.3) is 0 Å². The Labute approximate surface area is 190 Å². The first-order chi connectivity index (χ1) is 15.6. The van der Waals surface area contributed by atoms with Crippen molar-refractivity contribution in [3.8, 4) is 0 Å². The number of piperidine rings is 1. The molecule has 3 aliphatic rings. The number of primary amides is 1. The molecule has 2 heterocycles. The highest BCUT2D eigenvalue weighted by molar-refractivity contribution is 5.98. The van der Waals surface area contributed by atoms with Gasteiger partial charge >= 0.3 is 6.18 Å². The molecule has 3 amide bonds. The van der Waals surface area contributed by atoms with E-state index in [0.717, 1.165) is 43.5 Å². The van der Waals surface area contributed by atoms with Crippen LogP contribution in [0.5, 0.6) is 0 Å². The summed E-state index contributed by atoms with van der Waals surface area (Å²) < 4.78 is 45.0. The lowest BCUT2D eigenvalue weighted by Crippen LogP contribution is -2.57. The van der Waals surface area contributed by atoms with Gasteiger partial charge in [-0.2, -0.15) is 13.2 Å². The van der Waals surface area contributed by atoms with E-state index in [4.69, 9.17) is 10.5 Å². The zero-order valence-electron chi connectivity index (χ0n) is 18.3. The van der Waals surface area contributed by atoms with E-state index in [-0.39, 0.29) is 29.9 Å². The van der Waals surface area contributed by atoms with Crippen LogP contribution in [-0.2, 0) is 20.5 Å². The highest BCUT2D eigenvalue weighted by atomic mass is 19.4. The topological polar surface area (TPSA) is 92.9 Å². The fourth-order valence-corrected chi connectivity index (χ4v) is 5.20. The molecule has 0 radical (unpaired) electrons. The Morgan fingerprint density at radius 1 is 1.00 bits per heavy atom. The summed E-state index contributed by atoms with van der Waals surface area (Å²) in [6.07, 6.45) is 0.244. The van der Waals surface area contributed by atoms with E-state index in [9.17, 15) is 27.6 Å². The zero-order chi connectivity index (χ0) is 23.8. The van der Waals surface area contributed by atoms with Crippen molar-refractivity contribution in [2.75, 3.05) is 19.7 Å². The lowest BCUT2D eigenvalue weighted by molar-refractivity contribution is -0.140. The summed E-state index contributed by atoms with van der Waals surface area (Å²) in [7, 11) is 0. The van der Waals surface area contributed by atoms with E-state index in [0.29, 0.717) is 38.8 Å². The van der Waals surface area contributed by atoms with Gasteiger partial charge in [-0.05, 0) is 62.8 Å². The highest BCUT2D eigenvalue weighted by Gasteiger charge is 2.54. The predicted octanol–water partition coefficient (Wildman–Crippen LogP) is 2.93. The fourth-order valence-electron chi connectivity index (χ4n) is 5.20. The molecule has 1 aromatic carbocycles. The van der Waals surface area contributed by atoms with Gasteiger partial charge in [-0.15, -0.1) is 0 Å². The number of hydrogen-bond donors (Lipinski definition) is 1. The first-order valence-electron chi connectivity index (χ1n) is 11.4. The van der Waals surface area contributed by atoms with Gasteiger partial charge in [0.1, 0.15) is 11.8 Å². The van der Waals surface area contributed by atoms with Crippen LogP contribution in [0.3, 0.4) is 0 Å². The summed E-state index contributed by atoms with van der Waals surface area (Å²) in [6.45, 7) is 0.761. The Bertz CT molecular complexity index is 905. The molecule has 1 atom stereocenters. The molecule has 0 aromatic heterocycles. The molecule has 7 nitrogen and oxygen atoms in total. The molecule has 1 unspecified atom stereocenters. The van der Waals surface area contributed by atoms with Crippen molar-refractivity contribution in [1.82, 2.24) is 9.80 Å². The van der Waals surface area contributed by atoms with Gasteiger partial charge in [0.15, 0.2) is 0 Å². The summed E-state index contributed by atoms with van der Waals surface area (Å²) in [6, 6.07) is 3.20. The molecule has 1 spiro atoms. The van der Waals surface area contributed by atoms with Crippen molar-refractivity contribution in [2.45, 2.75) is 62.9 Å². The first-order valence-corrected chi connectivity index (χ1v) is 11.4. The number of benzene rings is 1. The number of carbonyl (C=O) groups excluding carboxylic acids is 3. The Hall–Kier alpha value is -2.62. The van der Waals surface area contributed by atoms with Crippen LogP contribution in [-0.4, -0.2) is 59.0 Å². The van der Waals surface area contributed by atoms with Gasteiger partial charge in [-0.25, -0.2) is 0 Å². The molecule has 3 fully saturated rings. The maximum Gasteiger partial charge on any atom is 0.416 e. The third kappa shape index (κ3) is 4.58. The van der Waals surface area contributed by atoms with Crippen LogP contribution < -0.4 is 5.73 Å². The second-order valence-corrected chi connectivity index (χ2v) is 9.09. The maximum atomic E-state index is 13.6. The van der Waals surface area contributed by atoms with Gasteiger partial charge in [0, 0.05) is 24.6 Å². The molecule has 0 bridgehead atoms. The monoisotopic (exact) mass is 467 g/mol. The molecule has 1 saturated carbocycles. The van der Waals surface area contributed by atoms with Gasteiger partial charge in [0.05, 0.1) is 12.2 Å². The SMILES string of the molecule is NC(=O)C1CCN(C(=O)C2COC3(CCCCC3)N2C(=O)c2ccc(C(F)(F)F)cc2)CC1. The number of amides is 3. The summed E-state index contributed by atoms with van der Waals surface area (Å²) in [5, 5.41) is 0. The van der Waals surface area contributed by atoms with E-state index in [1.807, 2.05) is 0 Å². The molecule has 33 heavy (non-hydrogen) atoms. The van der Waals surface area contributed by atoms with Gasteiger partial charge in [0.2, 0.25) is 11.8 Å². The molecule has 2 aliphatic heterocycles. The van der Waals surface area contributed by atoms with E-state index < -0.39 is 29.4 Å². The van der Waals surface area contributed by atoms with Crippen LogP contribution in [0.1, 0.15) is 60.9 Å². The van der Waals surface area contributed by atoms with E-state index in [1.165, 1.54) is 4.90 Å². The predicted molar refractivity (Wildman–Crippen MR) is 112 cm³/mol. The average molecular weight is 467 g/mol. The number of nitrogens with zero attached hydrogens (tertiary/aromatic N) is 2. The second-order valence-electron chi connectivity index (χ2n) is 9.09. The van der Waals surface area contributed by atoms with Crippen molar-refractivity contribution >= 4 is 17.7 Å². The van der Waals surface area contributed by atoms with Crippen molar-refractivity contribution < 1.29 is 32.3 Å². The van der Waals surface area contributed by atoms with Crippen molar-refractivity contribution in [3.63, 3.8) is 0 Å². The summed E-state index contributed by atoms with van der Waals surface area (Å²) in [5.41, 5.74) is 3.70. The number of likely N-dealkylation sites (tertiary alicyclic amines) is 1.